The van der Waals surface area contributed by atoms with Gasteiger partial charge in [0.15, 0.2) is 0 Å². The van der Waals surface area contributed by atoms with Gasteiger partial charge in [0.05, 0.1) is 0 Å². The molecule has 0 amide bonds. The normalized spacial score (nSPS) is 10.8. The Labute approximate surface area is 118 Å². The molecule has 0 fully saturated rings. The number of hydrogen-bond donors (Lipinski definition) is 1. The number of aromatic hydroxyl groups is 1. The van der Waals surface area contributed by atoms with Crippen LogP contribution < -0.4 is 3.27 Å². The van der Waals surface area contributed by atoms with Crippen molar-refractivity contribution < 1.29 is 5.11 Å². The Morgan fingerprint density at radius 3 is 1.92 bits per heavy atom. The summed E-state index contributed by atoms with van der Waals surface area (Å²) in [7, 11) is 0. The van der Waals surface area contributed by atoms with E-state index in [0.29, 0.717) is 5.75 Å². The van der Waals surface area contributed by atoms with E-state index in [1.165, 1.54) is 3.27 Å². The van der Waals surface area contributed by atoms with Gasteiger partial charge in [-0.15, -0.1) is 0 Å². The first-order valence-corrected chi connectivity index (χ1v) is 21.8. The Kier molecular flexibility index (Phi) is 5.60. The fourth-order valence-corrected chi connectivity index (χ4v) is 9.78. The monoisotopic (exact) mass is 712 g/mol. The van der Waals surface area contributed by atoms with E-state index in [-0.39, 0.29) is 0 Å². The van der Waals surface area contributed by atoms with Crippen molar-refractivity contribution in [2.24, 2.45) is 0 Å². The number of hydrogen-bond acceptors (Lipinski definition) is 1. The molecule has 1 aromatic carbocycles. The van der Waals surface area contributed by atoms with E-state index in [0.717, 1.165) is 7.14 Å². The third-order valence-electron chi connectivity index (χ3n) is 1.20. The summed E-state index contributed by atoms with van der Waals surface area (Å²) in [4.78, 5) is 0. The van der Waals surface area contributed by atoms with Crippen molar-refractivity contribution in [2.75, 3.05) is 0 Å². The maximum atomic E-state index is 9.49. The third-order valence-corrected chi connectivity index (χ3v) is 12.5. The molecule has 66 valence electrons. The Balaban J connectivity index is 3.21. The molecule has 0 heterocycles. The van der Waals surface area contributed by atoms with Crippen molar-refractivity contribution in [2.45, 2.75) is 0 Å². The van der Waals surface area contributed by atoms with Gasteiger partial charge in [0.25, 0.3) is 0 Å². The second-order valence-corrected chi connectivity index (χ2v) is 28.9. The molecular weight excluding hydrogens is 711 g/mol. The zero-order chi connectivity index (χ0) is 9.30. The molecule has 1 N–H and O–H groups in total. The van der Waals surface area contributed by atoms with Crippen molar-refractivity contribution in [3.63, 3.8) is 0 Å². The number of phenolic OH excluding ortho intramolecular Hbond substituents is 1. The van der Waals surface area contributed by atoms with E-state index in [4.69, 9.17) is 0 Å². The van der Waals surface area contributed by atoms with E-state index in [2.05, 4.69) is 69.6 Å². The zero-order valence-corrected chi connectivity index (χ0v) is 16.5. The first kappa shape index (κ1) is 12.4. The summed E-state index contributed by atoms with van der Waals surface area (Å²) < 4.78 is 3.17. The topological polar surface area (TPSA) is 20.2 Å². The van der Waals surface area contributed by atoms with E-state index in [9.17, 15) is 5.11 Å². The Hall–Kier alpha value is 2.32. The second-order valence-electron chi connectivity index (χ2n) is 1.99. The van der Waals surface area contributed by atoms with E-state index in [1.54, 1.807) is 0 Å². The van der Waals surface area contributed by atoms with Crippen LogP contribution in [0.3, 0.4) is 0 Å². The molecule has 0 aromatic heterocycles. The molecular formula is C6H3BiBr2I2O. The third kappa shape index (κ3) is 3.17. The van der Waals surface area contributed by atoms with Crippen molar-refractivity contribution in [1.82, 2.24) is 0 Å². The van der Waals surface area contributed by atoms with Crippen LogP contribution in [0.2, 0.25) is 0 Å². The summed E-state index contributed by atoms with van der Waals surface area (Å²) in [6.07, 6.45) is 0. The molecule has 0 aliphatic carbocycles. The summed E-state index contributed by atoms with van der Waals surface area (Å²) in [6.45, 7) is 0. The van der Waals surface area contributed by atoms with Crippen molar-refractivity contribution in [3.05, 3.63) is 19.3 Å². The van der Waals surface area contributed by atoms with Gasteiger partial charge in [0, 0.05) is 0 Å². The van der Waals surface area contributed by atoms with Crippen LogP contribution in [0.5, 0.6) is 5.75 Å². The van der Waals surface area contributed by atoms with Crippen LogP contribution in [0, 0.1) is 7.14 Å². The average molecular weight is 714 g/mol. The van der Waals surface area contributed by atoms with Gasteiger partial charge in [0.1, 0.15) is 0 Å². The quantitative estimate of drug-likeness (QED) is 0.351. The summed E-state index contributed by atoms with van der Waals surface area (Å²) in [5.74, 6) is 0.394. The van der Waals surface area contributed by atoms with Crippen LogP contribution in [0.25, 0.3) is 0 Å². The summed E-state index contributed by atoms with van der Waals surface area (Å²) in [5, 5.41) is 9.49. The van der Waals surface area contributed by atoms with Crippen LogP contribution in [0.15, 0.2) is 12.1 Å². The molecule has 0 atom stereocenters. The van der Waals surface area contributed by atoms with Crippen LogP contribution in [0.1, 0.15) is 0 Å². The molecule has 0 saturated carbocycles. The fourth-order valence-electron chi connectivity index (χ4n) is 0.650. The van der Waals surface area contributed by atoms with E-state index in [1.807, 2.05) is 12.1 Å². The molecule has 6 heteroatoms. The predicted octanol–water partition coefficient (Wildman–Crippen LogP) is 3.09. The number of phenols is 1. The van der Waals surface area contributed by atoms with Gasteiger partial charge in [-0.3, -0.25) is 0 Å². The Bertz CT molecular complexity index is 283. The van der Waals surface area contributed by atoms with Gasteiger partial charge in [-0.05, 0) is 0 Å². The van der Waals surface area contributed by atoms with Crippen LogP contribution in [0.4, 0.5) is 0 Å². The molecule has 1 rings (SSSR count). The van der Waals surface area contributed by atoms with Gasteiger partial charge in [0.2, 0.25) is 0 Å². The second kappa shape index (κ2) is 5.42. The number of rotatable bonds is 1. The molecule has 0 saturated heterocycles. The van der Waals surface area contributed by atoms with Gasteiger partial charge < -0.3 is 0 Å². The van der Waals surface area contributed by atoms with Gasteiger partial charge in [-0.2, -0.15) is 0 Å². The van der Waals surface area contributed by atoms with Gasteiger partial charge in [-0.25, -0.2) is 0 Å². The number of benzene rings is 1. The standard InChI is InChI=1S/C6H3I2O.Bi.2BrH/c7-4-2-1-3-5(8)6(4)9;;;/h2-3,9H;;2*1H/q;+2;;/p-2. The first-order valence-electron chi connectivity index (χ1n) is 2.82. The van der Waals surface area contributed by atoms with E-state index < -0.39 is 17.1 Å². The molecule has 0 radical (unpaired) electrons. The predicted molar refractivity (Wildman–Crippen MR) is 76.8 cm³/mol. The van der Waals surface area contributed by atoms with Crippen molar-refractivity contribution in [1.29, 1.82) is 0 Å². The molecule has 12 heavy (non-hydrogen) atoms. The molecule has 1 nitrogen and oxygen atoms in total. The maximum absolute atomic E-state index is 9.49. The van der Waals surface area contributed by atoms with Gasteiger partial charge >= 0.3 is 120 Å². The van der Waals surface area contributed by atoms with E-state index >= 15 is 0 Å². The molecule has 0 unspecified atom stereocenters. The Morgan fingerprint density at radius 1 is 1.17 bits per heavy atom. The van der Waals surface area contributed by atoms with Crippen LogP contribution in [-0.2, 0) is 0 Å². The number of halogens is 4. The SMILES string of the molecule is Oc1c(I)c[c]([Bi]([Br])[Br])cc1I. The summed E-state index contributed by atoms with van der Waals surface area (Å²) >= 11 is 9.82. The van der Waals surface area contributed by atoms with Crippen LogP contribution in [-0.4, -0.2) is 22.2 Å². The molecule has 0 spiro atoms. The fraction of sp³-hybridized carbons (Fsp3) is 0. The average Bonchev–Trinajstić information content (AvgIpc) is 1.99. The minimum atomic E-state index is -1.68. The molecule has 0 bridgehead atoms. The van der Waals surface area contributed by atoms with Crippen molar-refractivity contribution in [3.8, 4) is 5.75 Å². The molecule has 0 aliphatic rings. The van der Waals surface area contributed by atoms with Gasteiger partial charge in [-0.1, -0.05) is 0 Å². The summed E-state index contributed by atoms with van der Waals surface area (Å²) in [5.41, 5.74) is 0. The Morgan fingerprint density at radius 2 is 1.58 bits per heavy atom. The summed E-state index contributed by atoms with van der Waals surface area (Å²) in [6, 6.07) is 4.05. The minimum absolute atomic E-state index is 0.394. The zero-order valence-electron chi connectivity index (χ0n) is 5.56. The van der Waals surface area contributed by atoms with Crippen molar-refractivity contribution >= 4 is 89.9 Å². The molecule has 0 aliphatic heterocycles. The molecule has 1 aromatic rings. The van der Waals surface area contributed by atoms with Crippen LogP contribution >= 0.6 is 69.6 Å². The first-order chi connectivity index (χ1) is 5.52.